The molecule has 0 aromatic heterocycles. The molecule has 2 unspecified atom stereocenters. The second-order valence-electron chi connectivity index (χ2n) is 5.30. The molecular weight excluding hydrogens is 222 g/mol. The van der Waals surface area contributed by atoms with Crippen molar-refractivity contribution in [3.63, 3.8) is 0 Å². The minimum Gasteiger partial charge on any atom is -0.376 e. The maximum Gasteiger partial charge on any atom is 0.0769 e. The number of hydrogen-bond acceptors (Lipinski definition) is 2. The average molecular weight is 247 g/mol. The topological polar surface area (TPSA) is 21.3 Å². The summed E-state index contributed by atoms with van der Waals surface area (Å²) in [5.41, 5.74) is 4.10. The molecule has 1 N–H and O–H groups in total. The summed E-state index contributed by atoms with van der Waals surface area (Å²) < 4.78 is 5.98. The molecule has 18 heavy (non-hydrogen) atoms. The van der Waals surface area contributed by atoms with Gasteiger partial charge in [-0.1, -0.05) is 30.7 Å². The van der Waals surface area contributed by atoms with E-state index in [0.29, 0.717) is 12.1 Å². The highest BCUT2D eigenvalue weighted by Crippen LogP contribution is 2.29. The Hall–Kier alpha value is -0.860. The van der Waals surface area contributed by atoms with Crippen LogP contribution in [0.25, 0.3) is 0 Å². The van der Waals surface area contributed by atoms with Gasteiger partial charge in [-0.15, -0.1) is 0 Å². The zero-order chi connectivity index (χ0) is 13.0. The van der Waals surface area contributed by atoms with E-state index in [9.17, 15) is 0 Å². The highest BCUT2D eigenvalue weighted by atomic mass is 16.5. The Bertz CT molecular complexity index is 383. The number of hydrogen-bond donors (Lipinski definition) is 1. The molecule has 1 aromatic carbocycles. The summed E-state index contributed by atoms with van der Waals surface area (Å²) in [6, 6.07) is 7.05. The van der Waals surface area contributed by atoms with E-state index in [-0.39, 0.29) is 0 Å². The van der Waals surface area contributed by atoms with Crippen LogP contribution in [0.3, 0.4) is 0 Å². The summed E-state index contributed by atoms with van der Waals surface area (Å²) in [7, 11) is 0. The zero-order valence-corrected chi connectivity index (χ0v) is 11.8. The van der Waals surface area contributed by atoms with Crippen LogP contribution >= 0.6 is 0 Å². The Labute approximate surface area is 111 Å². The fourth-order valence-electron chi connectivity index (χ4n) is 2.79. The maximum atomic E-state index is 5.98. The second-order valence-corrected chi connectivity index (χ2v) is 5.30. The quantitative estimate of drug-likeness (QED) is 0.879. The third-order valence-corrected chi connectivity index (χ3v) is 3.78. The Balaban J connectivity index is 2.24. The van der Waals surface area contributed by atoms with E-state index in [2.05, 4.69) is 44.3 Å². The predicted octanol–water partition coefficient (Wildman–Crippen LogP) is 3.52. The van der Waals surface area contributed by atoms with Crippen molar-refractivity contribution >= 4 is 0 Å². The third kappa shape index (κ3) is 3.12. The lowest BCUT2D eigenvalue weighted by atomic mass is 9.91. The van der Waals surface area contributed by atoms with Crippen LogP contribution < -0.4 is 5.32 Å². The Kier molecular flexibility index (Phi) is 4.79. The first kappa shape index (κ1) is 13.6. The molecule has 100 valence electrons. The van der Waals surface area contributed by atoms with E-state index >= 15 is 0 Å². The van der Waals surface area contributed by atoms with Gasteiger partial charge in [-0.25, -0.2) is 0 Å². The summed E-state index contributed by atoms with van der Waals surface area (Å²) in [6.07, 6.45) is 4.00. The molecule has 2 heteroatoms. The molecule has 1 aliphatic heterocycles. The fraction of sp³-hybridized carbons (Fsp3) is 0.625. The summed E-state index contributed by atoms with van der Waals surface area (Å²) >= 11 is 0. The molecule has 1 aromatic rings. The highest BCUT2D eigenvalue weighted by molar-refractivity contribution is 5.33. The van der Waals surface area contributed by atoms with Crippen LogP contribution in [-0.4, -0.2) is 19.3 Å². The smallest absolute Gasteiger partial charge is 0.0769 e. The second kappa shape index (κ2) is 6.35. The van der Waals surface area contributed by atoms with Gasteiger partial charge in [0, 0.05) is 6.61 Å². The number of rotatable bonds is 4. The van der Waals surface area contributed by atoms with Gasteiger partial charge in [-0.2, -0.15) is 0 Å². The molecule has 0 amide bonds. The molecule has 1 aliphatic rings. The number of nitrogens with one attached hydrogen (secondary N) is 1. The molecule has 0 aliphatic carbocycles. The number of aryl methyl sites for hydroxylation is 2. The van der Waals surface area contributed by atoms with Gasteiger partial charge in [0.25, 0.3) is 0 Å². The first-order chi connectivity index (χ1) is 8.72. The Morgan fingerprint density at radius 2 is 2.17 bits per heavy atom. The van der Waals surface area contributed by atoms with E-state index in [1.165, 1.54) is 36.0 Å². The van der Waals surface area contributed by atoms with Gasteiger partial charge in [-0.05, 0) is 50.8 Å². The van der Waals surface area contributed by atoms with Gasteiger partial charge in [0.2, 0.25) is 0 Å². The average Bonchev–Trinajstić information content (AvgIpc) is 2.40. The minimum absolute atomic E-state index is 0.333. The van der Waals surface area contributed by atoms with Crippen LogP contribution in [-0.2, 0) is 4.74 Å². The molecule has 0 saturated carbocycles. The summed E-state index contributed by atoms with van der Waals surface area (Å²) in [6.45, 7) is 8.42. The van der Waals surface area contributed by atoms with E-state index < -0.39 is 0 Å². The van der Waals surface area contributed by atoms with Gasteiger partial charge >= 0.3 is 0 Å². The van der Waals surface area contributed by atoms with E-state index in [0.717, 1.165) is 13.2 Å². The maximum absolute atomic E-state index is 5.98. The van der Waals surface area contributed by atoms with E-state index in [1.807, 2.05) is 0 Å². The van der Waals surface area contributed by atoms with Crippen molar-refractivity contribution < 1.29 is 4.74 Å². The molecule has 2 nitrogen and oxygen atoms in total. The van der Waals surface area contributed by atoms with Crippen molar-refractivity contribution in [3.8, 4) is 0 Å². The number of ether oxygens (including phenoxy) is 1. The van der Waals surface area contributed by atoms with Gasteiger partial charge in [0.05, 0.1) is 12.1 Å². The molecular formula is C16H25NO. The normalized spacial score (nSPS) is 21.8. The molecule has 1 fully saturated rings. The first-order valence-electron chi connectivity index (χ1n) is 7.14. The van der Waals surface area contributed by atoms with Crippen LogP contribution in [0.2, 0.25) is 0 Å². The van der Waals surface area contributed by atoms with Crippen molar-refractivity contribution in [2.24, 2.45) is 0 Å². The largest absolute Gasteiger partial charge is 0.376 e. The standard InChI is InChI=1S/C16H25NO/c1-4-17-16(15-7-5-6-10-18-15)14-11-12(2)8-9-13(14)3/h8-9,11,15-17H,4-7,10H2,1-3H3. The van der Waals surface area contributed by atoms with Gasteiger partial charge in [0.15, 0.2) is 0 Å². The fourth-order valence-corrected chi connectivity index (χ4v) is 2.79. The van der Waals surface area contributed by atoms with E-state index in [4.69, 9.17) is 4.74 Å². The SMILES string of the molecule is CCNC(c1cc(C)ccc1C)C1CCCCO1. The summed E-state index contributed by atoms with van der Waals surface area (Å²) in [5.74, 6) is 0. The van der Waals surface area contributed by atoms with Crippen LogP contribution in [0.15, 0.2) is 18.2 Å². The zero-order valence-electron chi connectivity index (χ0n) is 11.8. The van der Waals surface area contributed by atoms with Crippen molar-refractivity contribution in [1.82, 2.24) is 5.32 Å². The molecule has 0 spiro atoms. The molecule has 0 bridgehead atoms. The highest BCUT2D eigenvalue weighted by Gasteiger charge is 2.26. The first-order valence-corrected chi connectivity index (χ1v) is 7.14. The van der Waals surface area contributed by atoms with Gasteiger partial charge in [-0.3, -0.25) is 0 Å². The monoisotopic (exact) mass is 247 g/mol. The van der Waals surface area contributed by atoms with Crippen LogP contribution in [0, 0.1) is 13.8 Å². The lowest BCUT2D eigenvalue weighted by Crippen LogP contribution is -2.36. The lowest BCUT2D eigenvalue weighted by Gasteiger charge is -2.32. The molecule has 2 rings (SSSR count). The summed E-state index contributed by atoms with van der Waals surface area (Å²) in [5, 5.41) is 3.61. The summed E-state index contributed by atoms with van der Waals surface area (Å²) in [4.78, 5) is 0. The van der Waals surface area contributed by atoms with Crippen molar-refractivity contribution in [1.29, 1.82) is 0 Å². The predicted molar refractivity (Wildman–Crippen MR) is 75.9 cm³/mol. The van der Waals surface area contributed by atoms with Crippen LogP contribution in [0.5, 0.6) is 0 Å². The molecule has 2 atom stereocenters. The van der Waals surface area contributed by atoms with Gasteiger partial charge < -0.3 is 10.1 Å². The van der Waals surface area contributed by atoms with Crippen molar-refractivity contribution in [2.45, 2.75) is 52.2 Å². The molecule has 1 heterocycles. The van der Waals surface area contributed by atoms with Crippen molar-refractivity contribution in [3.05, 3.63) is 34.9 Å². The number of likely N-dealkylation sites (N-methyl/N-ethyl adjacent to an activating group) is 1. The van der Waals surface area contributed by atoms with E-state index in [1.54, 1.807) is 0 Å². The van der Waals surface area contributed by atoms with Gasteiger partial charge in [0.1, 0.15) is 0 Å². The number of benzene rings is 1. The molecule has 0 radical (unpaired) electrons. The van der Waals surface area contributed by atoms with Crippen LogP contribution in [0.4, 0.5) is 0 Å². The Morgan fingerprint density at radius 3 is 2.83 bits per heavy atom. The third-order valence-electron chi connectivity index (χ3n) is 3.78. The Morgan fingerprint density at radius 1 is 1.33 bits per heavy atom. The van der Waals surface area contributed by atoms with Crippen molar-refractivity contribution in [2.75, 3.05) is 13.2 Å². The minimum atomic E-state index is 0.333. The van der Waals surface area contributed by atoms with Crippen LogP contribution in [0.1, 0.15) is 48.9 Å². The lowest BCUT2D eigenvalue weighted by molar-refractivity contribution is -0.00799. The molecule has 1 saturated heterocycles.